The molecule has 2 aromatic carbocycles. The first kappa shape index (κ1) is 24.1. The van der Waals surface area contributed by atoms with Gasteiger partial charge in [0.05, 0.1) is 20.3 Å². The molecule has 0 aromatic heterocycles. The molecule has 0 amide bonds. The van der Waals surface area contributed by atoms with Crippen LogP contribution in [-0.2, 0) is 6.42 Å². The Labute approximate surface area is 186 Å². The Balaban J connectivity index is 0.00000392. The van der Waals surface area contributed by atoms with Gasteiger partial charge in [0.2, 0.25) is 0 Å². The van der Waals surface area contributed by atoms with Gasteiger partial charge in [0, 0.05) is 13.1 Å². The first-order valence-corrected chi connectivity index (χ1v) is 9.48. The van der Waals surface area contributed by atoms with Crippen molar-refractivity contribution in [2.75, 3.05) is 27.3 Å². The highest BCUT2D eigenvalue weighted by Crippen LogP contribution is 2.27. The number of hydrogen-bond acceptors (Lipinski definition) is 3. The summed E-state index contributed by atoms with van der Waals surface area (Å²) in [5.74, 6) is 2.37. The third-order valence-electron chi connectivity index (χ3n) is 4.34. The number of methoxy groups -OCH3 is 2. The van der Waals surface area contributed by atoms with E-state index in [4.69, 9.17) is 14.5 Å². The van der Waals surface area contributed by atoms with E-state index in [1.165, 1.54) is 11.1 Å². The van der Waals surface area contributed by atoms with E-state index in [9.17, 15) is 0 Å². The Bertz CT molecular complexity index is 723. The van der Waals surface area contributed by atoms with Gasteiger partial charge in [-0.3, -0.25) is 4.99 Å². The number of halogens is 1. The van der Waals surface area contributed by atoms with Gasteiger partial charge in [-0.25, -0.2) is 0 Å². The lowest BCUT2D eigenvalue weighted by atomic mass is 10.1. The smallest absolute Gasteiger partial charge is 0.191 e. The monoisotopic (exact) mass is 497 g/mol. The minimum absolute atomic E-state index is 0. The number of ether oxygens (including phenoxy) is 2. The maximum absolute atomic E-state index is 5.37. The maximum atomic E-state index is 5.37. The maximum Gasteiger partial charge on any atom is 0.191 e. The second kappa shape index (κ2) is 13.3. The van der Waals surface area contributed by atoms with Crippen LogP contribution < -0.4 is 20.1 Å². The minimum atomic E-state index is 0. The quantitative estimate of drug-likeness (QED) is 0.231. The van der Waals surface area contributed by atoms with Crippen LogP contribution in [0.25, 0.3) is 0 Å². The lowest BCUT2D eigenvalue weighted by Gasteiger charge is -2.18. The van der Waals surface area contributed by atoms with Crippen molar-refractivity contribution < 1.29 is 9.47 Å². The number of rotatable bonds is 9. The summed E-state index contributed by atoms with van der Waals surface area (Å²) in [6.45, 7) is 5.81. The average molecular weight is 497 g/mol. The van der Waals surface area contributed by atoms with E-state index in [-0.39, 0.29) is 30.0 Å². The zero-order chi connectivity index (χ0) is 19.5. The van der Waals surface area contributed by atoms with Crippen molar-refractivity contribution in [2.24, 2.45) is 4.99 Å². The van der Waals surface area contributed by atoms with E-state index in [1.54, 1.807) is 14.2 Å². The predicted octanol–water partition coefficient (Wildman–Crippen LogP) is 4.57. The molecule has 0 saturated carbocycles. The summed E-state index contributed by atoms with van der Waals surface area (Å²) in [5.41, 5.74) is 2.46. The van der Waals surface area contributed by atoms with E-state index < -0.39 is 0 Å². The van der Waals surface area contributed by atoms with Crippen LogP contribution in [0.3, 0.4) is 0 Å². The van der Waals surface area contributed by atoms with Crippen molar-refractivity contribution in [2.45, 2.75) is 32.7 Å². The number of aliphatic imine (C=N–C) groups is 1. The van der Waals surface area contributed by atoms with Gasteiger partial charge in [0.1, 0.15) is 0 Å². The zero-order valence-corrected chi connectivity index (χ0v) is 19.5. The number of guanidine groups is 1. The first-order chi connectivity index (χ1) is 13.2. The van der Waals surface area contributed by atoms with Crippen LogP contribution in [0.2, 0.25) is 0 Å². The summed E-state index contributed by atoms with van der Waals surface area (Å²) < 4.78 is 10.7. The number of benzene rings is 2. The molecule has 0 spiro atoms. The molecule has 0 radical (unpaired) electrons. The number of nitrogens with one attached hydrogen (secondary N) is 2. The molecule has 0 saturated heterocycles. The van der Waals surface area contributed by atoms with Crippen LogP contribution in [0.5, 0.6) is 11.5 Å². The molecule has 28 heavy (non-hydrogen) atoms. The molecule has 2 rings (SSSR count). The van der Waals surface area contributed by atoms with Crippen LogP contribution >= 0.6 is 24.0 Å². The molecule has 0 aliphatic carbocycles. The van der Waals surface area contributed by atoms with Crippen molar-refractivity contribution in [3.8, 4) is 11.5 Å². The van der Waals surface area contributed by atoms with Gasteiger partial charge in [-0.2, -0.15) is 0 Å². The van der Waals surface area contributed by atoms with E-state index in [0.717, 1.165) is 43.4 Å². The standard InChI is InChI=1S/C22H31N3O2.HI/c1-5-23-22(25-17(2)19-11-7-6-8-12-19)24-15-9-10-18-13-14-20(26-3)21(16-18)27-4;/h6-8,11-14,16-17H,5,9-10,15H2,1-4H3,(H2,23,24,25);1H. The third-order valence-corrected chi connectivity index (χ3v) is 4.34. The zero-order valence-electron chi connectivity index (χ0n) is 17.2. The van der Waals surface area contributed by atoms with E-state index in [1.807, 2.05) is 18.2 Å². The van der Waals surface area contributed by atoms with E-state index >= 15 is 0 Å². The molecule has 154 valence electrons. The van der Waals surface area contributed by atoms with E-state index in [0.29, 0.717) is 0 Å². The second-order valence-electron chi connectivity index (χ2n) is 6.33. The largest absolute Gasteiger partial charge is 0.493 e. The van der Waals surface area contributed by atoms with Gasteiger partial charge >= 0.3 is 0 Å². The van der Waals surface area contributed by atoms with Crippen molar-refractivity contribution in [1.82, 2.24) is 10.6 Å². The lowest BCUT2D eigenvalue weighted by Crippen LogP contribution is -2.38. The molecule has 0 heterocycles. The highest BCUT2D eigenvalue weighted by atomic mass is 127. The van der Waals surface area contributed by atoms with Gasteiger partial charge < -0.3 is 20.1 Å². The van der Waals surface area contributed by atoms with Crippen LogP contribution in [0.15, 0.2) is 53.5 Å². The SMILES string of the molecule is CCNC(=NCCCc1ccc(OC)c(OC)c1)NC(C)c1ccccc1.I. The Kier molecular flexibility index (Phi) is 11.4. The molecular formula is C22H32IN3O2. The molecule has 0 aliphatic heterocycles. The number of hydrogen-bond donors (Lipinski definition) is 2. The van der Waals surface area contributed by atoms with Gasteiger partial charge in [0.25, 0.3) is 0 Å². The summed E-state index contributed by atoms with van der Waals surface area (Å²) in [4.78, 5) is 4.71. The predicted molar refractivity (Wildman–Crippen MR) is 127 cm³/mol. The fraction of sp³-hybridized carbons (Fsp3) is 0.409. The van der Waals surface area contributed by atoms with Gasteiger partial charge in [-0.05, 0) is 49.9 Å². The van der Waals surface area contributed by atoms with Gasteiger partial charge in [-0.15, -0.1) is 24.0 Å². The molecule has 1 unspecified atom stereocenters. The molecule has 1 atom stereocenters. The van der Waals surface area contributed by atoms with Crippen LogP contribution in [0.4, 0.5) is 0 Å². The third kappa shape index (κ3) is 7.58. The first-order valence-electron chi connectivity index (χ1n) is 9.48. The molecule has 0 bridgehead atoms. The highest BCUT2D eigenvalue weighted by Gasteiger charge is 2.07. The Morgan fingerprint density at radius 3 is 2.39 bits per heavy atom. The summed E-state index contributed by atoms with van der Waals surface area (Å²) in [5, 5.41) is 6.79. The summed E-state index contributed by atoms with van der Waals surface area (Å²) in [6.07, 6.45) is 1.91. The fourth-order valence-electron chi connectivity index (χ4n) is 2.86. The Morgan fingerprint density at radius 1 is 1.04 bits per heavy atom. The summed E-state index contributed by atoms with van der Waals surface area (Å²) in [6, 6.07) is 16.6. The van der Waals surface area contributed by atoms with E-state index in [2.05, 4.69) is 54.8 Å². The highest BCUT2D eigenvalue weighted by molar-refractivity contribution is 14.0. The lowest BCUT2D eigenvalue weighted by molar-refractivity contribution is 0.354. The van der Waals surface area contributed by atoms with Crippen molar-refractivity contribution >= 4 is 29.9 Å². The van der Waals surface area contributed by atoms with Crippen LogP contribution in [0.1, 0.15) is 37.4 Å². The molecule has 5 nitrogen and oxygen atoms in total. The van der Waals surface area contributed by atoms with Gasteiger partial charge in [0.15, 0.2) is 17.5 Å². The topological polar surface area (TPSA) is 54.9 Å². The Morgan fingerprint density at radius 2 is 1.75 bits per heavy atom. The molecule has 0 aliphatic rings. The molecular weight excluding hydrogens is 465 g/mol. The summed E-state index contributed by atoms with van der Waals surface area (Å²) in [7, 11) is 3.31. The van der Waals surface area contributed by atoms with Crippen molar-refractivity contribution in [3.63, 3.8) is 0 Å². The molecule has 2 aromatic rings. The molecule has 2 N–H and O–H groups in total. The number of nitrogens with zero attached hydrogens (tertiary/aromatic N) is 1. The average Bonchev–Trinajstić information content (AvgIpc) is 2.71. The second-order valence-corrected chi connectivity index (χ2v) is 6.33. The van der Waals surface area contributed by atoms with Crippen molar-refractivity contribution in [3.05, 3.63) is 59.7 Å². The number of aryl methyl sites for hydroxylation is 1. The van der Waals surface area contributed by atoms with Crippen molar-refractivity contribution in [1.29, 1.82) is 0 Å². The van der Waals surface area contributed by atoms with Gasteiger partial charge in [-0.1, -0.05) is 36.4 Å². The fourth-order valence-corrected chi connectivity index (χ4v) is 2.86. The summed E-state index contributed by atoms with van der Waals surface area (Å²) >= 11 is 0. The molecule has 6 heteroatoms. The Hall–Kier alpha value is -1.96. The normalized spacial score (nSPS) is 11.9. The van der Waals surface area contributed by atoms with Crippen LogP contribution in [-0.4, -0.2) is 33.3 Å². The van der Waals surface area contributed by atoms with Crippen LogP contribution in [0, 0.1) is 0 Å². The minimum Gasteiger partial charge on any atom is -0.493 e. The molecule has 0 fully saturated rings.